The molecule has 0 heterocycles. The average molecular weight is 283 g/mol. The molecule has 3 heteroatoms. The number of carbonyl (C=O) groups is 1. The van der Waals surface area contributed by atoms with Crippen molar-refractivity contribution in [3.8, 4) is 0 Å². The van der Waals surface area contributed by atoms with Gasteiger partial charge < -0.3 is 10.4 Å². The first kappa shape index (κ1) is 17.5. The summed E-state index contributed by atoms with van der Waals surface area (Å²) in [6.07, 6.45) is 5.99. The van der Waals surface area contributed by atoms with Crippen LogP contribution in [0, 0.1) is 17.3 Å². The summed E-state index contributed by atoms with van der Waals surface area (Å²) in [5.41, 5.74) is -0.983. The van der Waals surface area contributed by atoms with E-state index >= 15 is 0 Å². The number of hydrogen-bond donors (Lipinski definition) is 2. The van der Waals surface area contributed by atoms with Gasteiger partial charge in [-0.15, -0.1) is 0 Å². The third kappa shape index (κ3) is 5.08. The van der Waals surface area contributed by atoms with E-state index in [1.807, 2.05) is 6.92 Å². The van der Waals surface area contributed by atoms with E-state index in [1.54, 1.807) is 0 Å². The molecule has 0 aromatic carbocycles. The van der Waals surface area contributed by atoms with Crippen LogP contribution in [0.5, 0.6) is 0 Å². The normalized spacial score (nSPS) is 21.2. The zero-order chi connectivity index (χ0) is 15.4. The van der Waals surface area contributed by atoms with Gasteiger partial charge in [-0.3, -0.25) is 4.79 Å². The number of aliphatic hydroxyl groups is 1. The van der Waals surface area contributed by atoms with Crippen molar-refractivity contribution in [1.29, 1.82) is 0 Å². The van der Waals surface area contributed by atoms with E-state index in [1.165, 1.54) is 0 Å². The summed E-state index contributed by atoms with van der Waals surface area (Å²) in [5, 5.41) is 13.4. The van der Waals surface area contributed by atoms with Crippen molar-refractivity contribution >= 4 is 5.91 Å². The van der Waals surface area contributed by atoms with Gasteiger partial charge in [0, 0.05) is 12.0 Å². The van der Waals surface area contributed by atoms with E-state index in [-0.39, 0.29) is 11.3 Å². The highest BCUT2D eigenvalue weighted by atomic mass is 16.3. The molecule has 1 rings (SSSR count). The molecule has 0 aliphatic heterocycles. The summed E-state index contributed by atoms with van der Waals surface area (Å²) in [7, 11) is 0. The molecule has 0 spiro atoms. The molecule has 1 atom stereocenters. The van der Waals surface area contributed by atoms with Crippen LogP contribution in [0.15, 0.2) is 0 Å². The number of carbonyl (C=O) groups excluding carboxylic acids is 1. The standard InChI is InChI=1S/C17H33NO2/c1-13(2)10-16(5,20)12-18-15(19)17(11-14(3)4)8-6-7-9-17/h13-14,20H,6-12H2,1-5H3,(H,18,19). The van der Waals surface area contributed by atoms with Crippen molar-refractivity contribution in [2.45, 2.75) is 78.7 Å². The fraction of sp³-hybridized carbons (Fsp3) is 0.941. The SMILES string of the molecule is CC(C)CC(C)(O)CNC(=O)C1(CC(C)C)CCCC1. The molecule has 2 N–H and O–H groups in total. The highest BCUT2D eigenvalue weighted by Gasteiger charge is 2.41. The second kappa shape index (κ2) is 6.93. The van der Waals surface area contributed by atoms with Gasteiger partial charge in [-0.25, -0.2) is 0 Å². The van der Waals surface area contributed by atoms with E-state index in [4.69, 9.17) is 0 Å². The van der Waals surface area contributed by atoms with Gasteiger partial charge in [0.25, 0.3) is 0 Å². The average Bonchev–Trinajstić information content (AvgIpc) is 2.73. The quantitative estimate of drug-likeness (QED) is 0.751. The Hall–Kier alpha value is -0.570. The van der Waals surface area contributed by atoms with Gasteiger partial charge in [0.2, 0.25) is 5.91 Å². The maximum Gasteiger partial charge on any atom is 0.226 e. The Labute approximate surface area is 124 Å². The maximum absolute atomic E-state index is 12.6. The molecule has 118 valence electrons. The molecule has 0 saturated heterocycles. The van der Waals surface area contributed by atoms with Gasteiger partial charge in [-0.1, -0.05) is 40.5 Å². The maximum atomic E-state index is 12.6. The predicted octanol–water partition coefficient (Wildman–Crippen LogP) is 3.51. The van der Waals surface area contributed by atoms with Gasteiger partial charge >= 0.3 is 0 Å². The molecule has 0 aromatic heterocycles. The van der Waals surface area contributed by atoms with Crippen LogP contribution >= 0.6 is 0 Å². The molecular weight excluding hydrogens is 250 g/mol. The first-order valence-corrected chi connectivity index (χ1v) is 8.17. The van der Waals surface area contributed by atoms with E-state index in [0.717, 1.165) is 32.1 Å². The summed E-state index contributed by atoms with van der Waals surface area (Å²) in [5.74, 6) is 1.13. The zero-order valence-electron chi connectivity index (χ0n) is 14.0. The topological polar surface area (TPSA) is 49.3 Å². The molecule has 20 heavy (non-hydrogen) atoms. The highest BCUT2D eigenvalue weighted by molar-refractivity contribution is 5.83. The van der Waals surface area contributed by atoms with Crippen molar-refractivity contribution in [3.05, 3.63) is 0 Å². The van der Waals surface area contributed by atoms with Crippen LogP contribution in [0.25, 0.3) is 0 Å². The number of rotatable bonds is 7. The Balaban J connectivity index is 2.59. The van der Waals surface area contributed by atoms with Gasteiger partial charge in [0.1, 0.15) is 0 Å². The molecule has 1 saturated carbocycles. The Bertz CT molecular complexity index is 315. The van der Waals surface area contributed by atoms with Gasteiger partial charge in [-0.2, -0.15) is 0 Å². The largest absolute Gasteiger partial charge is 0.388 e. The lowest BCUT2D eigenvalue weighted by molar-refractivity contribution is -0.133. The van der Waals surface area contributed by atoms with E-state index < -0.39 is 5.60 Å². The Morgan fingerprint density at radius 3 is 2.20 bits per heavy atom. The minimum atomic E-state index is -0.804. The lowest BCUT2D eigenvalue weighted by Crippen LogP contribution is -2.47. The van der Waals surface area contributed by atoms with Gasteiger partial charge in [-0.05, 0) is 44.4 Å². The number of hydrogen-bond acceptors (Lipinski definition) is 2. The smallest absolute Gasteiger partial charge is 0.226 e. The zero-order valence-corrected chi connectivity index (χ0v) is 14.0. The number of amides is 1. The van der Waals surface area contributed by atoms with E-state index in [9.17, 15) is 9.90 Å². The molecule has 1 unspecified atom stereocenters. The minimum Gasteiger partial charge on any atom is -0.388 e. The van der Waals surface area contributed by atoms with Crippen molar-refractivity contribution in [1.82, 2.24) is 5.32 Å². The molecule has 1 aliphatic carbocycles. The second-order valence-electron chi connectivity index (χ2n) is 7.86. The van der Waals surface area contributed by atoms with Gasteiger partial charge in [0.05, 0.1) is 5.60 Å². The second-order valence-corrected chi connectivity index (χ2v) is 7.86. The predicted molar refractivity (Wildman–Crippen MR) is 83.4 cm³/mol. The molecule has 1 aliphatic rings. The first-order valence-electron chi connectivity index (χ1n) is 8.17. The lowest BCUT2D eigenvalue weighted by Gasteiger charge is -2.32. The Kier molecular flexibility index (Phi) is 6.06. The fourth-order valence-electron chi connectivity index (χ4n) is 3.77. The third-order valence-electron chi connectivity index (χ3n) is 4.32. The van der Waals surface area contributed by atoms with Crippen molar-refractivity contribution < 1.29 is 9.90 Å². The van der Waals surface area contributed by atoms with Crippen molar-refractivity contribution in [2.24, 2.45) is 17.3 Å². The van der Waals surface area contributed by atoms with E-state index in [2.05, 4.69) is 33.0 Å². The molecule has 0 bridgehead atoms. The van der Waals surface area contributed by atoms with Crippen LogP contribution in [0.3, 0.4) is 0 Å². The van der Waals surface area contributed by atoms with Crippen LogP contribution in [0.1, 0.15) is 73.1 Å². The minimum absolute atomic E-state index is 0.160. The fourth-order valence-corrected chi connectivity index (χ4v) is 3.77. The summed E-state index contributed by atoms with van der Waals surface area (Å²) in [6, 6.07) is 0. The lowest BCUT2D eigenvalue weighted by atomic mass is 9.77. The van der Waals surface area contributed by atoms with Crippen molar-refractivity contribution in [2.75, 3.05) is 6.54 Å². The summed E-state index contributed by atoms with van der Waals surface area (Å²) < 4.78 is 0. The molecule has 3 nitrogen and oxygen atoms in total. The van der Waals surface area contributed by atoms with Crippen LogP contribution in [-0.4, -0.2) is 23.2 Å². The molecular formula is C17H33NO2. The van der Waals surface area contributed by atoms with Crippen LogP contribution in [-0.2, 0) is 4.79 Å². The molecule has 1 amide bonds. The summed E-state index contributed by atoms with van der Waals surface area (Å²) >= 11 is 0. The molecule has 0 aromatic rings. The molecule has 1 fully saturated rings. The monoisotopic (exact) mass is 283 g/mol. The van der Waals surface area contributed by atoms with Crippen LogP contribution in [0.2, 0.25) is 0 Å². The highest BCUT2D eigenvalue weighted by Crippen LogP contribution is 2.43. The van der Waals surface area contributed by atoms with Crippen LogP contribution in [0.4, 0.5) is 0 Å². The Morgan fingerprint density at radius 2 is 1.75 bits per heavy atom. The third-order valence-corrected chi connectivity index (χ3v) is 4.32. The van der Waals surface area contributed by atoms with Gasteiger partial charge in [0.15, 0.2) is 0 Å². The first-order chi connectivity index (χ1) is 9.17. The molecule has 0 radical (unpaired) electrons. The van der Waals surface area contributed by atoms with E-state index in [0.29, 0.717) is 24.8 Å². The number of nitrogens with one attached hydrogen (secondary N) is 1. The summed E-state index contributed by atoms with van der Waals surface area (Å²) in [6.45, 7) is 10.7. The summed E-state index contributed by atoms with van der Waals surface area (Å²) in [4.78, 5) is 12.6. The Morgan fingerprint density at radius 1 is 1.20 bits per heavy atom. The van der Waals surface area contributed by atoms with Crippen LogP contribution < -0.4 is 5.32 Å². The van der Waals surface area contributed by atoms with Crippen molar-refractivity contribution in [3.63, 3.8) is 0 Å².